The topological polar surface area (TPSA) is 85.9 Å². The Morgan fingerprint density at radius 1 is 1.22 bits per heavy atom. The van der Waals surface area contributed by atoms with Gasteiger partial charge < -0.3 is 24.8 Å². The van der Waals surface area contributed by atoms with E-state index < -0.39 is 23.4 Å². The Morgan fingerprint density at radius 3 is 2.56 bits per heavy atom. The molecule has 0 bridgehead atoms. The molecule has 1 aromatic rings. The number of hydrogen-bond donors (Lipinski definition) is 2. The fraction of sp³-hybridized carbons (Fsp3) is 0.600. The highest BCUT2D eigenvalue weighted by Crippen LogP contribution is 2.34. The molecule has 1 aromatic carbocycles. The van der Waals surface area contributed by atoms with Crippen molar-refractivity contribution in [2.45, 2.75) is 59.2 Å². The zero-order chi connectivity index (χ0) is 20.1. The van der Waals surface area contributed by atoms with Gasteiger partial charge in [0.1, 0.15) is 12.7 Å². The predicted molar refractivity (Wildman–Crippen MR) is 101 cm³/mol. The SMILES string of the molecule is CC(CNC(=O)[C@H]1OC(C)(C)OCC1(C)C)NC(=O)OCc1ccccc1. The number of nitrogens with one attached hydrogen (secondary N) is 2. The lowest BCUT2D eigenvalue weighted by Crippen LogP contribution is -2.57. The van der Waals surface area contributed by atoms with Crippen molar-refractivity contribution in [1.29, 1.82) is 0 Å². The number of carbonyl (C=O) groups excluding carboxylic acids is 2. The fourth-order valence-corrected chi connectivity index (χ4v) is 2.68. The normalized spacial score (nSPS) is 21.7. The van der Waals surface area contributed by atoms with Gasteiger partial charge in [0.25, 0.3) is 0 Å². The van der Waals surface area contributed by atoms with Crippen LogP contribution < -0.4 is 10.6 Å². The maximum Gasteiger partial charge on any atom is 0.407 e. The summed E-state index contributed by atoms with van der Waals surface area (Å²) in [6, 6.07) is 9.15. The lowest BCUT2D eigenvalue weighted by molar-refractivity contribution is -0.304. The molecule has 2 N–H and O–H groups in total. The molecule has 1 aliphatic heterocycles. The van der Waals surface area contributed by atoms with Gasteiger partial charge in [0.15, 0.2) is 5.79 Å². The molecule has 7 nitrogen and oxygen atoms in total. The summed E-state index contributed by atoms with van der Waals surface area (Å²) in [6.07, 6.45) is -1.15. The van der Waals surface area contributed by atoms with Crippen molar-refractivity contribution < 1.29 is 23.8 Å². The molecular weight excluding hydrogens is 348 g/mol. The van der Waals surface area contributed by atoms with Gasteiger partial charge in [0, 0.05) is 18.0 Å². The van der Waals surface area contributed by atoms with E-state index in [9.17, 15) is 9.59 Å². The van der Waals surface area contributed by atoms with E-state index >= 15 is 0 Å². The van der Waals surface area contributed by atoms with Crippen LogP contribution in [-0.2, 0) is 25.6 Å². The molecule has 0 aromatic heterocycles. The number of hydrogen-bond acceptors (Lipinski definition) is 5. The summed E-state index contributed by atoms with van der Waals surface area (Å²) in [4.78, 5) is 24.4. The number of amides is 2. The van der Waals surface area contributed by atoms with E-state index in [0.29, 0.717) is 6.61 Å². The van der Waals surface area contributed by atoms with Gasteiger partial charge in [-0.15, -0.1) is 0 Å². The highest BCUT2D eigenvalue weighted by Gasteiger charge is 2.45. The van der Waals surface area contributed by atoms with Crippen molar-refractivity contribution >= 4 is 12.0 Å². The highest BCUT2D eigenvalue weighted by molar-refractivity contribution is 5.82. The third-order valence-corrected chi connectivity index (χ3v) is 4.30. The Bertz CT molecular complexity index is 645. The maximum atomic E-state index is 12.6. The van der Waals surface area contributed by atoms with E-state index in [1.54, 1.807) is 20.8 Å². The summed E-state index contributed by atoms with van der Waals surface area (Å²) in [5.41, 5.74) is 0.473. The Morgan fingerprint density at radius 2 is 1.89 bits per heavy atom. The van der Waals surface area contributed by atoms with E-state index in [4.69, 9.17) is 14.2 Å². The average molecular weight is 378 g/mol. The second-order valence-corrected chi connectivity index (χ2v) is 8.03. The molecule has 1 saturated heterocycles. The predicted octanol–water partition coefficient (Wildman–Crippen LogP) is 2.60. The number of rotatable bonds is 6. The van der Waals surface area contributed by atoms with Gasteiger partial charge in [-0.1, -0.05) is 44.2 Å². The Balaban J connectivity index is 1.76. The number of carbonyl (C=O) groups is 2. The molecule has 27 heavy (non-hydrogen) atoms. The molecule has 2 atom stereocenters. The first-order chi connectivity index (χ1) is 12.6. The van der Waals surface area contributed by atoms with Gasteiger partial charge in [-0.05, 0) is 26.3 Å². The fourth-order valence-electron chi connectivity index (χ4n) is 2.68. The first-order valence-corrected chi connectivity index (χ1v) is 9.16. The third-order valence-electron chi connectivity index (χ3n) is 4.30. The number of alkyl carbamates (subject to hydrolysis) is 1. The molecule has 150 valence electrons. The molecule has 2 amide bonds. The second kappa shape index (κ2) is 8.71. The zero-order valence-corrected chi connectivity index (χ0v) is 16.7. The quantitative estimate of drug-likeness (QED) is 0.795. The zero-order valence-electron chi connectivity index (χ0n) is 16.7. The number of benzene rings is 1. The van der Waals surface area contributed by atoms with Crippen LogP contribution in [0, 0.1) is 5.41 Å². The van der Waals surface area contributed by atoms with E-state index in [1.165, 1.54) is 0 Å². The first-order valence-electron chi connectivity index (χ1n) is 9.16. The molecule has 1 fully saturated rings. The Kier molecular flexibility index (Phi) is 6.84. The van der Waals surface area contributed by atoms with Gasteiger partial charge in [-0.2, -0.15) is 0 Å². The van der Waals surface area contributed by atoms with Crippen LogP contribution in [0.5, 0.6) is 0 Å². The summed E-state index contributed by atoms with van der Waals surface area (Å²) in [5, 5.41) is 5.54. The van der Waals surface area contributed by atoms with Gasteiger partial charge in [-0.25, -0.2) is 4.79 Å². The molecule has 1 heterocycles. The van der Waals surface area contributed by atoms with Crippen LogP contribution in [0.4, 0.5) is 4.79 Å². The van der Waals surface area contributed by atoms with Crippen LogP contribution in [0.3, 0.4) is 0 Å². The minimum Gasteiger partial charge on any atom is -0.445 e. The largest absolute Gasteiger partial charge is 0.445 e. The summed E-state index contributed by atoms with van der Waals surface area (Å²) < 4.78 is 16.6. The van der Waals surface area contributed by atoms with Crippen molar-refractivity contribution in [2.75, 3.05) is 13.2 Å². The van der Waals surface area contributed by atoms with Crippen molar-refractivity contribution in [3.05, 3.63) is 35.9 Å². The molecule has 0 spiro atoms. The Labute approximate surface area is 160 Å². The molecule has 0 radical (unpaired) electrons. The average Bonchev–Trinajstić information content (AvgIpc) is 2.61. The van der Waals surface area contributed by atoms with Crippen LogP contribution >= 0.6 is 0 Å². The maximum absolute atomic E-state index is 12.6. The first kappa shape index (κ1) is 21.2. The standard InChI is InChI=1S/C20H30N2O5/c1-14(22-18(24)25-12-15-9-7-6-8-10-15)11-21-17(23)16-19(2,3)13-26-20(4,5)27-16/h6-10,14,16H,11-13H2,1-5H3,(H,21,23)(H,22,24)/t14?,16-/m1/s1. The van der Waals surface area contributed by atoms with Crippen LogP contribution in [0.15, 0.2) is 30.3 Å². The minimum absolute atomic E-state index is 0.199. The van der Waals surface area contributed by atoms with Crippen molar-refractivity contribution in [1.82, 2.24) is 10.6 Å². The van der Waals surface area contributed by atoms with Gasteiger partial charge in [-0.3, -0.25) is 4.79 Å². The highest BCUT2D eigenvalue weighted by atomic mass is 16.7. The van der Waals surface area contributed by atoms with Crippen molar-refractivity contribution in [2.24, 2.45) is 5.41 Å². The van der Waals surface area contributed by atoms with E-state index in [0.717, 1.165) is 5.56 Å². The van der Waals surface area contributed by atoms with Gasteiger partial charge >= 0.3 is 6.09 Å². The lowest BCUT2D eigenvalue weighted by atomic mass is 9.85. The summed E-state index contributed by atoms with van der Waals surface area (Å²) in [5.74, 6) is -1.02. The molecule has 1 unspecified atom stereocenters. The molecule has 1 aliphatic rings. The Hall–Kier alpha value is -2.12. The van der Waals surface area contributed by atoms with Crippen LogP contribution in [-0.4, -0.2) is 43.1 Å². The van der Waals surface area contributed by atoms with Crippen LogP contribution in [0.2, 0.25) is 0 Å². The summed E-state index contributed by atoms with van der Waals surface area (Å²) in [7, 11) is 0. The van der Waals surface area contributed by atoms with Crippen molar-refractivity contribution in [3.63, 3.8) is 0 Å². The van der Waals surface area contributed by atoms with Gasteiger partial charge in [0.2, 0.25) is 5.91 Å². The molecule has 0 aliphatic carbocycles. The van der Waals surface area contributed by atoms with E-state index in [2.05, 4.69) is 10.6 Å². The monoisotopic (exact) mass is 378 g/mol. The molecule has 0 saturated carbocycles. The number of ether oxygens (including phenoxy) is 3. The van der Waals surface area contributed by atoms with Gasteiger partial charge in [0.05, 0.1) is 6.61 Å². The van der Waals surface area contributed by atoms with Crippen LogP contribution in [0.25, 0.3) is 0 Å². The lowest BCUT2D eigenvalue weighted by Gasteiger charge is -2.44. The summed E-state index contributed by atoms with van der Waals surface area (Å²) >= 11 is 0. The molecule has 2 rings (SSSR count). The van der Waals surface area contributed by atoms with Crippen LogP contribution in [0.1, 0.15) is 40.2 Å². The van der Waals surface area contributed by atoms with Crippen molar-refractivity contribution in [3.8, 4) is 0 Å². The van der Waals surface area contributed by atoms with E-state index in [-0.39, 0.29) is 25.1 Å². The molecular formula is C20H30N2O5. The minimum atomic E-state index is -0.803. The molecule has 7 heteroatoms. The van der Waals surface area contributed by atoms with E-state index in [1.807, 2.05) is 44.2 Å². The summed E-state index contributed by atoms with van der Waals surface area (Å²) in [6.45, 7) is 10.1. The second-order valence-electron chi connectivity index (χ2n) is 8.03. The smallest absolute Gasteiger partial charge is 0.407 e. The third kappa shape index (κ3) is 6.52.